The highest BCUT2D eigenvalue weighted by molar-refractivity contribution is 5.86. The normalized spacial score (nSPS) is 25.0. The first-order chi connectivity index (χ1) is 12.7. The Kier molecular flexibility index (Phi) is 7.36. The molecule has 27 heavy (non-hydrogen) atoms. The number of carbonyl (C=O) groups is 1. The standard InChI is InChI=1S/C18H31F3N4O2/c1-4-27-14-10-13(17(14)8-6-5-7-9-17)24-16(22-2)23-11-15(26)25(3)12-18(19,20)21/h13-14H,4-12H2,1-3H3,(H2,22,23,24). The number of guanidine groups is 1. The summed E-state index contributed by atoms with van der Waals surface area (Å²) in [5.41, 5.74) is 0.0863. The molecule has 0 aromatic heterocycles. The third kappa shape index (κ3) is 5.49. The van der Waals surface area contributed by atoms with Crippen molar-refractivity contribution in [3.8, 4) is 0 Å². The molecular weight excluding hydrogens is 361 g/mol. The summed E-state index contributed by atoms with van der Waals surface area (Å²) in [6.45, 7) is 1.19. The van der Waals surface area contributed by atoms with Crippen LogP contribution in [0.3, 0.4) is 0 Å². The fraction of sp³-hybridized carbons (Fsp3) is 0.889. The van der Waals surface area contributed by atoms with Crippen molar-refractivity contribution in [2.45, 2.75) is 63.8 Å². The minimum atomic E-state index is -4.40. The number of alkyl halides is 3. The second-order valence-corrected chi connectivity index (χ2v) is 7.46. The van der Waals surface area contributed by atoms with Crippen LogP contribution in [0, 0.1) is 5.41 Å². The molecule has 6 nitrogen and oxygen atoms in total. The van der Waals surface area contributed by atoms with Gasteiger partial charge in [-0.2, -0.15) is 13.2 Å². The van der Waals surface area contributed by atoms with Crippen LogP contribution in [-0.2, 0) is 9.53 Å². The first kappa shape index (κ1) is 21.8. The summed E-state index contributed by atoms with van der Waals surface area (Å²) in [7, 11) is 2.73. The SMILES string of the molecule is CCOC1CC(NC(=NC)NCC(=O)N(C)CC(F)(F)F)C12CCCCC2. The number of nitrogens with one attached hydrogen (secondary N) is 2. The predicted molar refractivity (Wildman–Crippen MR) is 97.5 cm³/mol. The van der Waals surface area contributed by atoms with Crippen molar-refractivity contribution < 1.29 is 22.7 Å². The van der Waals surface area contributed by atoms with E-state index in [1.807, 2.05) is 6.92 Å². The van der Waals surface area contributed by atoms with Crippen LogP contribution in [-0.4, -0.2) is 68.9 Å². The summed E-state index contributed by atoms with van der Waals surface area (Å²) in [6.07, 6.45) is 2.48. The van der Waals surface area contributed by atoms with Crippen molar-refractivity contribution in [1.82, 2.24) is 15.5 Å². The Bertz CT molecular complexity index is 533. The Balaban J connectivity index is 1.88. The number of hydrogen-bond donors (Lipinski definition) is 2. The fourth-order valence-electron chi connectivity index (χ4n) is 4.28. The van der Waals surface area contributed by atoms with Gasteiger partial charge in [0.05, 0.1) is 12.6 Å². The third-order valence-corrected chi connectivity index (χ3v) is 5.72. The summed E-state index contributed by atoms with van der Waals surface area (Å²) >= 11 is 0. The molecule has 0 aromatic carbocycles. The molecule has 2 N–H and O–H groups in total. The van der Waals surface area contributed by atoms with Crippen LogP contribution in [0.15, 0.2) is 4.99 Å². The molecule has 2 unspecified atom stereocenters. The maximum Gasteiger partial charge on any atom is 0.406 e. The Morgan fingerprint density at radius 3 is 2.52 bits per heavy atom. The van der Waals surface area contributed by atoms with Crippen molar-refractivity contribution in [3.63, 3.8) is 0 Å². The zero-order valence-electron chi connectivity index (χ0n) is 16.4. The second kappa shape index (κ2) is 9.12. The lowest BCUT2D eigenvalue weighted by atomic mass is 9.55. The van der Waals surface area contributed by atoms with Crippen LogP contribution >= 0.6 is 0 Å². The second-order valence-electron chi connectivity index (χ2n) is 7.46. The van der Waals surface area contributed by atoms with Gasteiger partial charge < -0.3 is 20.3 Å². The highest BCUT2D eigenvalue weighted by atomic mass is 19.4. The van der Waals surface area contributed by atoms with E-state index >= 15 is 0 Å². The summed E-state index contributed by atoms with van der Waals surface area (Å²) in [6, 6.07) is 0.198. The van der Waals surface area contributed by atoms with E-state index < -0.39 is 18.6 Å². The van der Waals surface area contributed by atoms with Crippen molar-refractivity contribution >= 4 is 11.9 Å². The van der Waals surface area contributed by atoms with Gasteiger partial charge in [0.2, 0.25) is 5.91 Å². The summed E-state index contributed by atoms with van der Waals surface area (Å²) in [5.74, 6) is -0.197. The fourth-order valence-corrected chi connectivity index (χ4v) is 4.28. The van der Waals surface area contributed by atoms with Crippen molar-refractivity contribution in [2.24, 2.45) is 10.4 Å². The quantitative estimate of drug-likeness (QED) is 0.538. The Morgan fingerprint density at radius 2 is 1.96 bits per heavy atom. The zero-order chi connectivity index (χ0) is 20.1. The molecule has 0 heterocycles. The van der Waals surface area contributed by atoms with Crippen LogP contribution in [0.2, 0.25) is 0 Å². The molecule has 2 saturated carbocycles. The molecule has 0 radical (unpaired) electrons. The van der Waals surface area contributed by atoms with Gasteiger partial charge in [0.25, 0.3) is 0 Å². The molecule has 0 aliphatic heterocycles. The molecule has 2 aliphatic rings. The van der Waals surface area contributed by atoms with E-state index in [1.165, 1.54) is 19.3 Å². The molecule has 9 heteroatoms. The van der Waals surface area contributed by atoms with Gasteiger partial charge >= 0.3 is 6.18 Å². The zero-order valence-corrected chi connectivity index (χ0v) is 16.4. The lowest BCUT2D eigenvalue weighted by molar-refractivity contribution is -0.157. The van der Waals surface area contributed by atoms with E-state index in [2.05, 4.69) is 15.6 Å². The van der Waals surface area contributed by atoms with Crippen molar-refractivity contribution in [2.75, 3.05) is 33.8 Å². The van der Waals surface area contributed by atoms with Gasteiger partial charge in [0, 0.05) is 32.2 Å². The van der Waals surface area contributed by atoms with E-state index in [0.29, 0.717) is 17.5 Å². The van der Waals surface area contributed by atoms with Gasteiger partial charge in [-0.3, -0.25) is 9.79 Å². The minimum absolute atomic E-state index is 0.0863. The predicted octanol–water partition coefficient (Wildman–Crippen LogP) is 2.30. The number of rotatable bonds is 6. The number of hydrogen-bond acceptors (Lipinski definition) is 3. The van der Waals surface area contributed by atoms with Crippen molar-refractivity contribution in [3.05, 3.63) is 0 Å². The Morgan fingerprint density at radius 1 is 1.30 bits per heavy atom. The molecule has 156 valence electrons. The molecule has 0 bridgehead atoms. The first-order valence-corrected chi connectivity index (χ1v) is 9.61. The third-order valence-electron chi connectivity index (χ3n) is 5.72. The van der Waals surface area contributed by atoms with Gasteiger partial charge in [-0.15, -0.1) is 0 Å². The number of amides is 1. The van der Waals surface area contributed by atoms with E-state index in [4.69, 9.17) is 4.74 Å². The smallest absolute Gasteiger partial charge is 0.378 e. The summed E-state index contributed by atoms with van der Waals surface area (Å²) < 4.78 is 43.1. The highest BCUT2D eigenvalue weighted by Crippen LogP contribution is 2.53. The number of nitrogens with zero attached hydrogens (tertiary/aromatic N) is 2. The number of likely N-dealkylation sites (N-methyl/N-ethyl adjacent to an activating group) is 1. The number of ether oxygens (including phenoxy) is 1. The van der Waals surface area contributed by atoms with Crippen LogP contribution in [0.1, 0.15) is 45.4 Å². The largest absolute Gasteiger partial charge is 0.406 e. The molecular formula is C18H31F3N4O2. The molecule has 1 spiro atoms. The highest BCUT2D eigenvalue weighted by Gasteiger charge is 2.55. The molecule has 1 amide bonds. The number of aliphatic imine (C=N–C) groups is 1. The van der Waals surface area contributed by atoms with Crippen LogP contribution < -0.4 is 10.6 Å². The van der Waals surface area contributed by atoms with Crippen LogP contribution in [0.4, 0.5) is 13.2 Å². The van der Waals surface area contributed by atoms with E-state index in [1.54, 1.807) is 7.05 Å². The average Bonchev–Trinajstić information content (AvgIpc) is 2.62. The maximum atomic E-state index is 12.4. The average molecular weight is 392 g/mol. The van der Waals surface area contributed by atoms with E-state index in [9.17, 15) is 18.0 Å². The maximum absolute atomic E-state index is 12.4. The first-order valence-electron chi connectivity index (χ1n) is 9.61. The topological polar surface area (TPSA) is 66.0 Å². The van der Waals surface area contributed by atoms with Gasteiger partial charge in [-0.05, 0) is 26.2 Å². The molecule has 0 saturated heterocycles. The lowest BCUT2D eigenvalue weighted by Crippen LogP contribution is -2.66. The number of halogens is 3. The molecule has 0 aromatic rings. The molecule has 2 rings (SSSR count). The van der Waals surface area contributed by atoms with Gasteiger partial charge in [0.15, 0.2) is 5.96 Å². The Labute approximate surface area is 158 Å². The van der Waals surface area contributed by atoms with Gasteiger partial charge in [-0.25, -0.2) is 0 Å². The Hall–Kier alpha value is -1.51. The molecule has 2 atom stereocenters. The van der Waals surface area contributed by atoms with Crippen LogP contribution in [0.25, 0.3) is 0 Å². The molecule has 2 fully saturated rings. The van der Waals surface area contributed by atoms with Gasteiger partial charge in [-0.1, -0.05) is 19.3 Å². The van der Waals surface area contributed by atoms with Crippen LogP contribution in [0.5, 0.6) is 0 Å². The minimum Gasteiger partial charge on any atom is -0.378 e. The van der Waals surface area contributed by atoms with E-state index in [-0.39, 0.29) is 24.1 Å². The van der Waals surface area contributed by atoms with Crippen molar-refractivity contribution in [1.29, 1.82) is 0 Å². The summed E-state index contributed by atoms with van der Waals surface area (Å²) in [5, 5.41) is 6.20. The van der Waals surface area contributed by atoms with E-state index in [0.717, 1.165) is 26.3 Å². The lowest BCUT2D eigenvalue weighted by Gasteiger charge is -2.57. The number of carbonyl (C=O) groups excluding carboxylic acids is 1. The monoisotopic (exact) mass is 392 g/mol. The summed E-state index contributed by atoms with van der Waals surface area (Å²) in [4.78, 5) is 16.7. The van der Waals surface area contributed by atoms with Gasteiger partial charge in [0.1, 0.15) is 6.54 Å². The molecule has 2 aliphatic carbocycles.